The number of methoxy groups -OCH3 is 1. The standard InChI is InChI=1S/C23H22F5NO2/c1-30-21-10-9-18(19-7-2-3-8-20(19)21)16(13-29)11-15-5-4-6-17(12-15)31-14-22(24,25)23(26,27)28/h2-10,12,16H,11,13-14,29H2,1H3. The number of ether oxygens (including phenoxy) is 2. The van der Waals surface area contributed by atoms with Crippen LogP contribution >= 0.6 is 0 Å². The van der Waals surface area contributed by atoms with E-state index in [1.54, 1.807) is 19.2 Å². The van der Waals surface area contributed by atoms with Crippen molar-refractivity contribution in [2.75, 3.05) is 20.3 Å². The van der Waals surface area contributed by atoms with Crippen molar-refractivity contribution in [3.63, 3.8) is 0 Å². The summed E-state index contributed by atoms with van der Waals surface area (Å²) in [6.07, 6.45) is -5.20. The van der Waals surface area contributed by atoms with Crippen LogP contribution in [-0.4, -0.2) is 32.4 Å². The van der Waals surface area contributed by atoms with Crippen LogP contribution in [0.1, 0.15) is 17.0 Å². The molecule has 3 aromatic carbocycles. The Morgan fingerprint density at radius 1 is 0.903 bits per heavy atom. The van der Waals surface area contributed by atoms with Gasteiger partial charge in [0.1, 0.15) is 11.5 Å². The van der Waals surface area contributed by atoms with Crippen LogP contribution in [0.3, 0.4) is 0 Å². The Balaban J connectivity index is 1.82. The summed E-state index contributed by atoms with van der Waals surface area (Å²) in [5.41, 5.74) is 7.73. The van der Waals surface area contributed by atoms with Gasteiger partial charge in [0.2, 0.25) is 0 Å². The van der Waals surface area contributed by atoms with E-state index < -0.39 is 18.7 Å². The molecule has 0 amide bonds. The molecular weight excluding hydrogens is 417 g/mol. The highest BCUT2D eigenvalue weighted by molar-refractivity contribution is 5.91. The summed E-state index contributed by atoms with van der Waals surface area (Å²) in [5, 5.41) is 1.92. The van der Waals surface area contributed by atoms with Crippen molar-refractivity contribution in [1.29, 1.82) is 0 Å². The van der Waals surface area contributed by atoms with Gasteiger partial charge in [-0.25, -0.2) is 0 Å². The van der Waals surface area contributed by atoms with Crippen molar-refractivity contribution in [2.45, 2.75) is 24.4 Å². The smallest absolute Gasteiger partial charge is 0.456 e. The molecule has 3 aromatic rings. The first-order valence-electron chi connectivity index (χ1n) is 9.58. The topological polar surface area (TPSA) is 44.5 Å². The molecule has 0 saturated heterocycles. The van der Waals surface area contributed by atoms with Crippen LogP contribution in [0.5, 0.6) is 11.5 Å². The zero-order chi connectivity index (χ0) is 22.6. The second kappa shape index (κ2) is 9.09. The average molecular weight is 439 g/mol. The Labute approximate surface area is 176 Å². The monoisotopic (exact) mass is 439 g/mol. The van der Waals surface area contributed by atoms with E-state index in [9.17, 15) is 22.0 Å². The lowest BCUT2D eigenvalue weighted by Gasteiger charge is -2.21. The largest absolute Gasteiger partial charge is 0.496 e. The van der Waals surface area contributed by atoms with Gasteiger partial charge in [0.15, 0.2) is 6.61 Å². The molecule has 0 spiro atoms. The number of fused-ring (bicyclic) bond motifs is 1. The number of alkyl halides is 5. The minimum atomic E-state index is -5.66. The molecule has 0 bridgehead atoms. The fourth-order valence-electron chi connectivity index (χ4n) is 3.45. The number of hydrogen-bond acceptors (Lipinski definition) is 3. The highest BCUT2D eigenvalue weighted by atomic mass is 19.4. The Morgan fingerprint density at radius 2 is 1.61 bits per heavy atom. The zero-order valence-corrected chi connectivity index (χ0v) is 16.8. The summed E-state index contributed by atoms with van der Waals surface area (Å²) < 4.78 is 73.5. The summed E-state index contributed by atoms with van der Waals surface area (Å²) in [5.74, 6) is -4.36. The third kappa shape index (κ3) is 5.07. The average Bonchev–Trinajstić information content (AvgIpc) is 2.75. The Morgan fingerprint density at radius 3 is 2.26 bits per heavy atom. The van der Waals surface area contributed by atoms with Gasteiger partial charge < -0.3 is 15.2 Å². The SMILES string of the molecule is COc1ccc(C(CN)Cc2cccc(OCC(F)(F)C(F)(F)F)c2)c2ccccc12. The van der Waals surface area contributed by atoms with Crippen molar-refractivity contribution < 1.29 is 31.4 Å². The van der Waals surface area contributed by atoms with Crippen LogP contribution in [0.25, 0.3) is 10.8 Å². The van der Waals surface area contributed by atoms with E-state index in [0.717, 1.165) is 22.1 Å². The Hall–Kier alpha value is -2.87. The molecule has 1 unspecified atom stereocenters. The molecule has 2 N–H and O–H groups in total. The third-order valence-electron chi connectivity index (χ3n) is 5.08. The predicted molar refractivity (Wildman–Crippen MR) is 109 cm³/mol. The molecule has 8 heteroatoms. The molecule has 0 radical (unpaired) electrons. The molecule has 0 aliphatic carbocycles. The number of benzene rings is 3. The molecule has 166 valence electrons. The van der Waals surface area contributed by atoms with Gasteiger partial charge in [0, 0.05) is 11.3 Å². The van der Waals surface area contributed by atoms with Gasteiger partial charge >= 0.3 is 12.1 Å². The van der Waals surface area contributed by atoms with Gasteiger partial charge in [0.25, 0.3) is 0 Å². The first-order chi connectivity index (χ1) is 14.7. The summed E-state index contributed by atoms with van der Waals surface area (Å²) in [4.78, 5) is 0. The molecule has 0 saturated carbocycles. The van der Waals surface area contributed by atoms with Crippen molar-refractivity contribution in [2.24, 2.45) is 5.73 Å². The summed E-state index contributed by atoms with van der Waals surface area (Å²) in [6, 6.07) is 17.6. The number of rotatable bonds is 8. The third-order valence-corrected chi connectivity index (χ3v) is 5.08. The van der Waals surface area contributed by atoms with Gasteiger partial charge in [-0.15, -0.1) is 0 Å². The summed E-state index contributed by atoms with van der Waals surface area (Å²) in [7, 11) is 1.59. The van der Waals surface area contributed by atoms with Crippen molar-refractivity contribution in [1.82, 2.24) is 0 Å². The number of halogens is 5. The van der Waals surface area contributed by atoms with Crippen LogP contribution in [0.15, 0.2) is 60.7 Å². The van der Waals surface area contributed by atoms with Crippen LogP contribution < -0.4 is 15.2 Å². The molecule has 0 aromatic heterocycles. The van der Waals surface area contributed by atoms with Crippen LogP contribution in [0.2, 0.25) is 0 Å². The minimum absolute atomic E-state index is 0.0585. The van der Waals surface area contributed by atoms with Gasteiger partial charge in [0.05, 0.1) is 7.11 Å². The van der Waals surface area contributed by atoms with Crippen molar-refractivity contribution in [3.8, 4) is 11.5 Å². The van der Waals surface area contributed by atoms with E-state index in [1.165, 1.54) is 12.1 Å². The van der Waals surface area contributed by atoms with Gasteiger partial charge in [-0.1, -0.05) is 42.5 Å². The molecule has 31 heavy (non-hydrogen) atoms. The van der Waals surface area contributed by atoms with Crippen LogP contribution in [0, 0.1) is 0 Å². The molecule has 1 atom stereocenters. The summed E-state index contributed by atoms with van der Waals surface area (Å²) in [6.45, 7) is -1.46. The maximum Gasteiger partial charge on any atom is 0.456 e. The van der Waals surface area contributed by atoms with E-state index in [-0.39, 0.29) is 11.7 Å². The van der Waals surface area contributed by atoms with Crippen molar-refractivity contribution in [3.05, 3.63) is 71.8 Å². The second-order valence-corrected chi connectivity index (χ2v) is 7.18. The fourth-order valence-corrected chi connectivity index (χ4v) is 3.45. The van der Waals surface area contributed by atoms with E-state index in [0.29, 0.717) is 18.5 Å². The Kier molecular flexibility index (Phi) is 6.69. The number of nitrogens with two attached hydrogens (primary N) is 1. The normalized spacial score (nSPS) is 13.3. The van der Waals surface area contributed by atoms with E-state index in [4.69, 9.17) is 15.2 Å². The van der Waals surface area contributed by atoms with E-state index in [2.05, 4.69) is 0 Å². The minimum Gasteiger partial charge on any atom is -0.496 e. The highest BCUT2D eigenvalue weighted by Gasteiger charge is 2.58. The second-order valence-electron chi connectivity index (χ2n) is 7.18. The molecular formula is C23H22F5NO2. The van der Waals surface area contributed by atoms with Crippen LogP contribution in [-0.2, 0) is 6.42 Å². The lowest BCUT2D eigenvalue weighted by molar-refractivity contribution is -0.290. The molecule has 0 fully saturated rings. The lowest BCUT2D eigenvalue weighted by Crippen LogP contribution is -2.41. The van der Waals surface area contributed by atoms with E-state index >= 15 is 0 Å². The maximum absolute atomic E-state index is 13.1. The van der Waals surface area contributed by atoms with Gasteiger partial charge in [-0.3, -0.25) is 0 Å². The number of hydrogen-bond donors (Lipinski definition) is 1. The molecule has 0 aliphatic heterocycles. The highest BCUT2D eigenvalue weighted by Crippen LogP contribution is 2.36. The molecule has 3 rings (SSSR count). The predicted octanol–water partition coefficient (Wildman–Crippen LogP) is 5.71. The Bertz CT molecular complexity index is 1040. The maximum atomic E-state index is 13.1. The first-order valence-corrected chi connectivity index (χ1v) is 9.58. The van der Waals surface area contributed by atoms with Crippen molar-refractivity contribution >= 4 is 10.8 Å². The summed E-state index contributed by atoms with van der Waals surface area (Å²) >= 11 is 0. The van der Waals surface area contributed by atoms with Gasteiger partial charge in [-0.05, 0) is 47.7 Å². The van der Waals surface area contributed by atoms with Gasteiger partial charge in [-0.2, -0.15) is 22.0 Å². The molecule has 0 heterocycles. The molecule has 3 nitrogen and oxygen atoms in total. The first kappa shape index (κ1) is 22.8. The van der Waals surface area contributed by atoms with Crippen LogP contribution in [0.4, 0.5) is 22.0 Å². The molecule has 0 aliphatic rings. The fraction of sp³-hybridized carbons (Fsp3) is 0.304. The zero-order valence-electron chi connectivity index (χ0n) is 16.8. The quantitative estimate of drug-likeness (QED) is 0.458. The van der Waals surface area contributed by atoms with E-state index in [1.807, 2.05) is 36.4 Å². The lowest BCUT2D eigenvalue weighted by atomic mass is 9.88.